The van der Waals surface area contributed by atoms with Crippen LogP contribution in [-0.4, -0.2) is 29.6 Å². The summed E-state index contributed by atoms with van der Waals surface area (Å²) in [4.78, 5) is 14.5. The third-order valence-electron chi connectivity index (χ3n) is 4.80. The van der Waals surface area contributed by atoms with Gasteiger partial charge in [-0.2, -0.15) is 0 Å². The first-order valence-corrected chi connectivity index (χ1v) is 8.32. The van der Waals surface area contributed by atoms with E-state index in [1.165, 1.54) is 38.5 Å². The number of hydrogen-bond donors (Lipinski definition) is 1. The van der Waals surface area contributed by atoms with Crippen LogP contribution >= 0.6 is 0 Å². The Morgan fingerprint density at radius 2 is 1.95 bits per heavy atom. The van der Waals surface area contributed by atoms with Crippen LogP contribution < -0.4 is 5.32 Å². The Morgan fingerprint density at radius 1 is 1.21 bits per heavy atom. The van der Waals surface area contributed by atoms with Gasteiger partial charge in [-0.3, -0.25) is 10.1 Å². The van der Waals surface area contributed by atoms with Crippen LogP contribution in [-0.2, 0) is 4.79 Å². The van der Waals surface area contributed by atoms with Gasteiger partial charge in [0.15, 0.2) is 0 Å². The molecule has 0 aromatic rings. The highest BCUT2D eigenvalue weighted by Gasteiger charge is 2.36. The van der Waals surface area contributed by atoms with Crippen molar-refractivity contribution < 1.29 is 4.79 Å². The Balaban J connectivity index is 1.78. The summed E-state index contributed by atoms with van der Waals surface area (Å²) in [7, 11) is 0. The van der Waals surface area contributed by atoms with E-state index < -0.39 is 0 Å². The molecule has 0 bridgehead atoms. The van der Waals surface area contributed by atoms with Crippen LogP contribution in [0.15, 0.2) is 0 Å². The second-order valence-electron chi connectivity index (χ2n) is 6.26. The molecular formula is C16H30N2O. The molecule has 1 saturated carbocycles. The SMILES string of the molecule is CCCC1NC(CC)N(CCCC2CCCC2)C1=O. The van der Waals surface area contributed by atoms with E-state index >= 15 is 0 Å². The fourth-order valence-corrected chi connectivity index (χ4v) is 3.70. The summed E-state index contributed by atoms with van der Waals surface area (Å²) in [5, 5.41) is 3.50. The predicted octanol–water partition coefficient (Wildman–Crippen LogP) is 3.29. The molecule has 0 aromatic carbocycles. The Bertz CT molecular complexity index is 286. The van der Waals surface area contributed by atoms with Gasteiger partial charge >= 0.3 is 0 Å². The number of carbonyl (C=O) groups excluding carboxylic acids is 1. The molecule has 1 saturated heterocycles. The Labute approximate surface area is 118 Å². The fraction of sp³-hybridized carbons (Fsp3) is 0.938. The number of nitrogens with zero attached hydrogens (tertiary/aromatic N) is 1. The van der Waals surface area contributed by atoms with Crippen molar-refractivity contribution >= 4 is 5.91 Å². The van der Waals surface area contributed by atoms with Gasteiger partial charge in [-0.25, -0.2) is 0 Å². The summed E-state index contributed by atoms with van der Waals surface area (Å²) in [5.74, 6) is 1.29. The fourth-order valence-electron chi connectivity index (χ4n) is 3.70. The molecule has 2 fully saturated rings. The van der Waals surface area contributed by atoms with Crippen molar-refractivity contribution in [2.24, 2.45) is 5.92 Å². The second-order valence-corrected chi connectivity index (χ2v) is 6.26. The van der Waals surface area contributed by atoms with Crippen molar-refractivity contribution in [2.45, 2.75) is 83.8 Å². The van der Waals surface area contributed by atoms with Crippen LogP contribution in [0.4, 0.5) is 0 Å². The first-order valence-electron chi connectivity index (χ1n) is 8.32. The van der Waals surface area contributed by atoms with Gasteiger partial charge in [-0.15, -0.1) is 0 Å². The molecule has 19 heavy (non-hydrogen) atoms. The maximum absolute atomic E-state index is 12.4. The van der Waals surface area contributed by atoms with Crippen LogP contribution in [0.1, 0.15) is 71.6 Å². The van der Waals surface area contributed by atoms with Gasteiger partial charge in [-0.1, -0.05) is 46.0 Å². The summed E-state index contributed by atoms with van der Waals surface area (Å²) < 4.78 is 0. The van der Waals surface area contributed by atoms with Crippen molar-refractivity contribution in [2.75, 3.05) is 6.54 Å². The molecule has 0 spiro atoms. The van der Waals surface area contributed by atoms with Crippen molar-refractivity contribution in [3.8, 4) is 0 Å². The molecule has 3 nitrogen and oxygen atoms in total. The molecule has 1 aliphatic heterocycles. The van der Waals surface area contributed by atoms with Gasteiger partial charge in [0.25, 0.3) is 0 Å². The quantitative estimate of drug-likeness (QED) is 0.767. The minimum atomic E-state index is 0.0847. The van der Waals surface area contributed by atoms with Gasteiger partial charge in [-0.05, 0) is 31.6 Å². The predicted molar refractivity (Wildman–Crippen MR) is 78.8 cm³/mol. The minimum Gasteiger partial charge on any atom is -0.326 e. The van der Waals surface area contributed by atoms with Crippen LogP contribution in [0.5, 0.6) is 0 Å². The van der Waals surface area contributed by atoms with Crippen LogP contribution in [0.3, 0.4) is 0 Å². The lowest BCUT2D eigenvalue weighted by molar-refractivity contribution is -0.130. The van der Waals surface area contributed by atoms with Crippen molar-refractivity contribution in [3.05, 3.63) is 0 Å². The van der Waals surface area contributed by atoms with Gasteiger partial charge in [0.2, 0.25) is 5.91 Å². The smallest absolute Gasteiger partial charge is 0.241 e. The van der Waals surface area contributed by atoms with E-state index in [-0.39, 0.29) is 12.2 Å². The van der Waals surface area contributed by atoms with Crippen molar-refractivity contribution in [1.29, 1.82) is 0 Å². The summed E-state index contributed by atoms with van der Waals surface area (Å²) in [6.45, 7) is 5.28. The lowest BCUT2D eigenvalue weighted by atomic mass is 10.0. The zero-order valence-electron chi connectivity index (χ0n) is 12.7. The third kappa shape index (κ3) is 3.71. The molecule has 1 aliphatic carbocycles. The molecule has 0 aromatic heterocycles. The van der Waals surface area contributed by atoms with E-state index in [9.17, 15) is 4.79 Å². The molecule has 1 N–H and O–H groups in total. The van der Waals surface area contributed by atoms with Crippen LogP contribution in [0.25, 0.3) is 0 Å². The van der Waals surface area contributed by atoms with E-state index in [1.807, 2.05) is 0 Å². The molecule has 2 rings (SSSR count). The summed E-state index contributed by atoms with van der Waals surface area (Å²) in [6, 6.07) is 0.0847. The number of carbonyl (C=O) groups is 1. The number of nitrogens with one attached hydrogen (secondary N) is 1. The maximum atomic E-state index is 12.4. The highest BCUT2D eigenvalue weighted by molar-refractivity contribution is 5.84. The molecular weight excluding hydrogens is 236 g/mol. The van der Waals surface area contributed by atoms with E-state index in [1.54, 1.807) is 0 Å². The van der Waals surface area contributed by atoms with E-state index in [0.717, 1.165) is 31.7 Å². The Kier molecular flexibility index (Phi) is 5.68. The topological polar surface area (TPSA) is 32.3 Å². The zero-order valence-corrected chi connectivity index (χ0v) is 12.7. The Morgan fingerprint density at radius 3 is 2.58 bits per heavy atom. The minimum absolute atomic E-state index is 0.0847. The lowest BCUT2D eigenvalue weighted by Gasteiger charge is -2.23. The zero-order chi connectivity index (χ0) is 13.7. The summed E-state index contributed by atoms with van der Waals surface area (Å²) in [5.41, 5.74) is 0. The first-order chi connectivity index (χ1) is 9.26. The average Bonchev–Trinajstić information content (AvgIpc) is 3.01. The van der Waals surface area contributed by atoms with Gasteiger partial charge < -0.3 is 4.90 Å². The Hall–Kier alpha value is -0.570. The normalized spacial score (nSPS) is 28.5. The van der Waals surface area contributed by atoms with Gasteiger partial charge in [0.1, 0.15) is 0 Å². The highest BCUT2D eigenvalue weighted by Crippen LogP contribution is 2.29. The number of hydrogen-bond acceptors (Lipinski definition) is 2. The molecule has 110 valence electrons. The molecule has 1 heterocycles. The molecule has 2 atom stereocenters. The molecule has 0 radical (unpaired) electrons. The van der Waals surface area contributed by atoms with Gasteiger partial charge in [0.05, 0.1) is 12.2 Å². The average molecular weight is 266 g/mol. The van der Waals surface area contributed by atoms with E-state index in [2.05, 4.69) is 24.1 Å². The van der Waals surface area contributed by atoms with Crippen LogP contribution in [0, 0.1) is 5.92 Å². The van der Waals surface area contributed by atoms with Crippen molar-refractivity contribution in [1.82, 2.24) is 10.2 Å². The number of amides is 1. The molecule has 3 heteroatoms. The first kappa shape index (κ1) is 14.8. The summed E-state index contributed by atoms with van der Waals surface area (Å²) in [6.07, 6.45) is 11.6. The molecule has 1 amide bonds. The third-order valence-corrected chi connectivity index (χ3v) is 4.80. The van der Waals surface area contributed by atoms with Crippen molar-refractivity contribution in [3.63, 3.8) is 0 Å². The largest absolute Gasteiger partial charge is 0.326 e. The van der Waals surface area contributed by atoms with Gasteiger partial charge in [0, 0.05) is 6.54 Å². The maximum Gasteiger partial charge on any atom is 0.241 e. The van der Waals surface area contributed by atoms with E-state index in [4.69, 9.17) is 0 Å². The molecule has 2 aliphatic rings. The van der Waals surface area contributed by atoms with Crippen LogP contribution in [0.2, 0.25) is 0 Å². The van der Waals surface area contributed by atoms with E-state index in [0.29, 0.717) is 5.91 Å². The second kappa shape index (κ2) is 7.28. The highest BCUT2D eigenvalue weighted by atomic mass is 16.2. The molecule has 2 unspecified atom stereocenters. The summed E-state index contributed by atoms with van der Waals surface area (Å²) >= 11 is 0. The number of rotatable bonds is 7. The standard InChI is InChI=1S/C16H30N2O/c1-3-8-14-16(19)18(15(4-2)17-14)12-7-11-13-9-5-6-10-13/h13-15,17H,3-12H2,1-2H3. The monoisotopic (exact) mass is 266 g/mol. The lowest BCUT2D eigenvalue weighted by Crippen LogP contribution is -2.37.